The van der Waals surface area contributed by atoms with Crippen LogP contribution in [-0.2, 0) is 6.54 Å². The summed E-state index contributed by atoms with van der Waals surface area (Å²) in [6.45, 7) is 5.61. The second-order valence-electron chi connectivity index (χ2n) is 8.55. The lowest BCUT2D eigenvalue weighted by Crippen LogP contribution is -2.30. The molecular weight excluding hydrogens is 306 g/mol. The summed E-state index contributed by atoms with van der Waals surface area (Å²) in [6.07, 6.45) is 14.1. The molecule has 2 saturated carbocycles. The Labute approximate surface area is 154 Å². The van der Waals surface area contributed by atoms with Gasteiger partial charge in [0.2, 0.25) is 0 Å². The molecule has 140 valence electrons. The minimum absolute atomic E-state index is 0.398. The largest absolute Gasteiger partial charge is 0.490 e. The number of hydrogen-bond acceptors (Lipinski definition) is 2. The monoisotopic (exact) mass is 343 g/mol. The van der Waals surface area contributed by atoms with Gasteiger partial charge in [0.25, 0.3) is 0 Å². The first-order valence-electron chi connectivity index (χ1n) is 10.7. The normalized spacial score (nSPS) is 26.3. The first kappa shape index (κ1) is 18.8. The molecule has 0 bridgehead atoms. The molecule has 3 atom stereocenters. The Bertz CT molecular complexity index is 509. The van der Waals surface area contributed by atoms with Crippen molar-refractivity contribution in [3.8, 4) is 5.75 Å². The van der Waals surface area contributed by atoms with Gasteiger partial charge in [0.05, 0.1) is 0 Å². The topological polar surface area (TPSA) is 21.3 Å². The van der Waals surface area contributed by atoms with Gasteiger partial charge in [-0.3, -0.25) is 0 Å². The summed E-state index contributed by atoms with van der Waals surface area (Å²) in [5.41, 5.74) is 1.32. The third kappa shape index (κ3) is 5.74. The lowest BCUT2D eigenvalue weighted by molar-refractivity contribution is 0.101. The van der Waals surface area contributed by atoms with Crippen molar-refractivity contribution in [3.63, 3.8) is 0 Å². The fourth-order valence-corrected chi connectivity index (χ4v) is 4.68. The third-order valence-corrected chi connectivity index (χ3v) is 6.34. The predicted octanol–water partition coefficient (Wildman–Crippen LogP) is 6.09. The molecule has 1 aromatic rings. The molecule has 3 rings (SSSR count). The second-order valence-corrected chi connectivity index (χ2v) is 8.55. The van der Waals surface area contributed by atoms with E-state index < -0.39 is 0 Å². The van der Waals surface area contributed by atoms with Gasteiger partial charge in [0.15, 0.2) is 0 Å². The van der Waals surface area contributed by atoms with Crippen molar-refractivity contribution in [1.29, 1.82) is 0 Å². The van der Waals surface area contributed by atoms with Crippen molar-refractivity contribution in [3.05, 3.63) is 29.8 Å². The van der Waals surface area contributed by atoms with E-state index in [4.69, 9.17) is 4.74 Å². The van der Waals surface area contributed by atoms with E-state index in [1.54, 1.807) is 0 Å². The van der Waals surface area contributed by atoms with Crippen molar-refractivity contribution >= 4 is 0 Å². The fourth-order valence-electron chi connectivity index (χ4n) is 4.68. The average molecular weight is 344 g/mol. The molecule has 3 unspecified atom stereocenters. The number of nitrogens with one attached hydrogen (secondary N) is 1. The Morgan fingerprint density at radius 3 is 2.52 bits per heavy atom. The zero-order valence-electron chi connectivity index (χ0n) is 16.3. The Hall–Kier alpha value is -1.02. The summed E-state index contributed by atoms with van der Waals surface area (Å²) in [5, 5.41) is 3.76. The Balaban J connectivity index is 1.51. The molecule has 0 heterocycles. The zero-order valence-corrected chi connectivity index (χ0v) is 16.3. The van der Waals surface area contributed by atoms with Gasteiger partial charge in [-0.05, 0) is 50.5 Å². The Morgan fingerprint density at radius 2 is 1.72 bits per heavy atom. The van der Waals surface area contributed by atoms with Crippen LogP contribution in [0.1, 0.15) is 83.6 Å². The molecule has 2 nitrogen and oxygen atoms in total. The van der Waals surface area contributed by atoms with Gasteiger partial charge in [-0.2, -0.15) is 0 Å². The average Bonchev–Trinajstić information content (AvgIpc) is 2.64. The Morgan fingerprint density at radius 1 is 1.00 bits per heavy atom. The number of benzene rings is 1. The highest BCUT2D eigenvalue weighted by Gasteiger charge is 2.23. The third-order valence-electron chi connectivity index (χ3n) is 6.34. The van der Waals surface area contributed by atoms with Gasteiger partial charge in [0.1, 0.15) is 11.9 Å². The first-order chi connectivity index (χ1) is 12.2. The van der Waals surface area contributed by atoms with Gasteiger partial charge < -0.3 is 10.1 Å². The predicted molar refractivity (Wildman–Crippen MR) is 106 cm³/mol. The van der Waals surface area contributed by atoms with E-state index in [9.17, 15) is 0 Å². The molecule has 0 aliphatic heterocycles. The lowest BCUT2D eigenvalue weighted by atomic mass is 9.85. The molecule has 2 fully saturated rings. The molecule has 2 aliphatic rings. The van der Waals surface area contributed by atoms with Gasteiger partial charge in [-0.15, -0.1) is 0 Å². The van der Waals surface area contributed by atoms with Crippen molar-refractivity contribution in [2.45, 2.75) is 96.7 Å². The van der Waals surface area contributed by atoms with Crippen LogP contribution >= 0.6 is 0 Å². The van der Waals surface area contributed by atoms with Crippen LogP contribution in [0.2, 0.25) is 0 Å². The van der Waals surface area contributed by atoms with Crippen LogP contribution in [0.4, 0.5) is 0 Å². The smallest absolute Gasteiger partial charge is 0.124 e. The van der Waals surface area contributed by atoms with E-state index in [0.29, 0.717) is 18.1 Å². The lowest BCUT2D eigenvalue weighted by Gasteiger charge is -2.30. The highest BCUT2D eigenvalue weighted by Crippen LogP contribution is 2.30. The number of para-hydroxylation sites is 1. The number of ether oxygens (including phenoxy) is 1. The van der Waals surface area contributed by atoms with Crippen LogP contribution in [-0.4, -0.2) is 12.1 Å². The minimum Gasteiger partial charge on any atom is -0.490 e. The highest BCUT2D eigenvalue weighted by atomic mass is 16.5. The second kappa shape index (κ2) is 9.62. The maximum Gasteiger partial charge on any atom is 0.124 e. The van der Waals surface area contributed by atoms with Crippen LogP contribution in [0.3, 0.4) is 0 Å². The summed E-state index contributed by atoms with van der Waals surface area (Å²) in [6, 6.07) is 9.22. The van der Waals surface area contributed by atoms with Gasteiger partial charge in [-0.1, -0.05) is 63.6 Å². The molecule has 0 radical (unpaired) electrons. The molecule has 0 saturated heterocycles. The summed E-state index contributed by atoms with van der Waals surface area (Å²) >= 11 is 0. The van der Waals surface area contributed by atoms with Crippen LogP contribution in [0.15, 0.2) is 24.3 Å². The number of hydrogen-bond donors (Lipinski definition) is 1. The van der Waals surface area contributed by atoms with Gasteiger partial charge in [-0.25, -0.2) is 0 Å². The van der Waals surface area contributed by atoms with E-state index in [0.717, 1.165) is 18.2 Å². The van der Waals surface area contributed by atoms with Crippen LogP contribution in [0.5, 0.6) is 5.75 Å². The molecular formula is C23H37NO. The molecule has 0 amide bonds. The van der Waals surface area contributed by atoms with Gasteiger partial charge >= 0.3 is 0 Å². The Kier molecular flexibility index (Phi) is 7.22. The van der Waals surface area contributed by atoms with E-state index in [1.165, 1.54) is 69.8 Å². The van der Waals surface area contributed by atoms with Gasteiger partial charge in [0, 0.05) is 18.2 Å². The number of rotatable bonds is 7. The summed E-state index contributed by atoms with van der Waals surface area (Å²) in [7, 11) is 0. The van der Waals surface area contributed by atoms with E-state index in [-0.39, 0.29) is 0 Å². The molecule has 25 heavy (non-hydrogen) atoms. The summed E-state index contributed by atoms with van der Waals surface area (Å²) in [5.74, 6) is 2.71. The maximum atomic E-state index is 6.44. The van der Waals surface area contributed by atoms with Crippen molar-refractivity contribution in [2.75, 3.05) is 0 Å². The van der Waals surface area contributed by atoms with E-state index in [1.807, 2.05) is 0 Å². The highest BCUT2D eigenvalue weighted by molar-refractivity contribution is 5.33. The van der Waals surface area contributed by atoms with Crippen molar-refractivity contribution in [1.82, 2.24) is 5.32 Å². The van der Waals surface area contributed by atoms with Crippen molar-refractivity contribution in [2.24, 2.45) is 11.8 Å². The molecule has 1 N–H and O–H groups in total. The SMILES string of the molecule is CC(CC1CCCCC1)NCc1ccccc1OC1CCCCC1C. The molecule has 2 heteroatoms. The maximum absolute atomic E-state index is 6.44. The molecule has 0 aromatic heterocycles. The quantitative estimate of drug-likeness (QED) is 0.646. The minimum atomic E-state index is 0.398. The van der Waals surface area contributed by atoms with E-state index in [2.05, 4.69) is 43.4 Å². The molecule has 1 aromatic carbocycles. The zero-order chi connectivity index (χ0) is 17.5. The van der Waals surface area contributed by atoms with Crippen LogP contribution in [0, 0.1) is 11.8 Å². The fraction of sp³-hybridized carbons (Fsp3) is 0.739. The van der Waals surface area contributed by atoms with E-state index >= 15 is 0 Å². The van der Waals surface area contributed by atoms with Crippen LogP contribution < -0.4 is 10.1 Å². The van der Waals surface area contributed by atoms with Crippen molar-refractivity contribution < 1.29 is 4.74 Å². The first-order valence-corrected chi connectivity index (χ1v) is 10.7. The van der Waals surface area contributed by atoms with Crippen LogP contribution in [0.25, 0.3) is 0 Å². The molecule has 0 spiro atoms. The summed E-state index contributed by atoms with van der Waals surface area (Å²) in [4.78, 5) is 0. The standard InChI is InChI=1S/C23H37NO/c1-18-10-6-8-14-22(18)25-23-15-9-7-13-21(23)17-24-19(2)16-20-11-4-3-5-12-20/h7,9,13,15,18-20,22,24H,3-6,8,10-12,14,16-17H2,1-2H3. The molecule has 2 aliphatic carbocycles. The summed E-state index contributed by atoms with van der Waals surface area (Å²) < 4.78 is 6.44.